The Bertz CT molecular complexity index is 574. The molecule has 2 aliphatic rings. The number of benzene rings is 1. The van der Waals surface area contributed by atoms with Gasteiger partial charge in [-0.25, -0.2) is 0 Å². The van der Waals surface area contributed by atoms with Crippen molar-refractivity contribution in [1.82, 2.24) is 4.90 Å². The first kappa shape index (κ1) is 18.8. The molecule has 3 rings (SSSR count). The van der Waals surface area contributed by atoms with E-state index in [0.717, 1.165) is 44.3 Å². The summed E-state index contributed by atoms with van der Waals surface area (Å²) in [5.74, 6) is 0.386. The van der Waals surface area contributed by atoms with Crippen LogP contribution in [0.25, 0.3) is 0 Å². The number of nitrogens with zero attached hydrogens (tertiary/aromatic N) is 1. The maximum Gasteiger partial charge on any atom is 0.316 e. The molecule has 2 fully saturated rings. The fourth-order valence-corrected chi connectivity index (χ4v) is 4.75. The maximum atomic E-state index is 13.3. The van der Waals surface area contributed by atoms with Crippen LogP contribution in [0.1, 0.15) is 51.0 Å². The molecule has 1 aromatic carbocycles. The second-order valence-corrected chi connectivity index (χ2v) is 8.70. The van der Waals surface area contributed by atoms with Gasteiger partial charge >= 0.3 is 5.97 Å². The maximum absolute atomic E-state index is 13.3. The van der Waals surface area contributed by atoms with Crippen LogP contribution >= 0.6 is 11.8 Å². The van der Waals surface area contributed by atoms with Crippen LogP contribution in [-0.4, -0.2) is 43.4 Å². The lowest BCUT2D eigenvalue weighted by atomic mass is 9.71. The number of piperidine rings is 1. The van der Waals surface area contributed by atoms with Crippen molar-refractivity contribution < 1.29 is 9.53 Å². The number of ether oxygens (including phenoxy) is 1. The van der Waals surface area contributed by atoms with Crippen LogP contribution in [0.2, 0.25) is 0 Å². The normalized spacial score (nSPS) is 22.7. The largest absolute Gasteiger partial charge is 0.462 e. The molecular weight excluding hydrogens is 330 g/mol. The predicted molar refractivity (Wildman–Crippen MR) is 104 cm³/mol. The minimum Gasteiger partial charge on any atom is -0.462 e. The fraction of sp³-hybridized carbons (Fsp3) is 0.667. The van der Waals surface area contributed by atoms with Gasteiger partial charge in [-0.05, 0) is 69.5 Å². The van der Waals surface area contributed by atoms with Crippen LogP contribution in [-0.2, 0) is 14.9 Å². The van der Waals surface area contributed by atoms with Gasteiger partial charge in [0.1, 0.15) is 6.10 Å². The number of likely N-dealkylation sites (tertiary alicyclic amines) is 1. The molecule has 1 aliphatic carbocycles. The minimum atomic E-state index is -0.517. The summed E-state index contributed by atoms with van der Waals surface area (Å²) in [5, 5.41) is 0. The molecule has 0 amide bonds. The molecule has 0 aromatic heterocycles. The number of rotatable bonds is 5. The average Bonchev–Trinajstić information content (AvgIpc) is 3.18. The molecule has 1 atom stereocenters. The Morgan fingerprint density at radius 2 is 1.72 bits per heavy atom. The van der Waals surface area contributed by atoms with Crippen molar-refractivity contribution in [1.29, 1.82) is 0 Å². The molecule has 25 heavy (non-hydrogen) atoms. The molecule has 1 saturated heterocycles. The summed E-state index contributed by atoms with van der Waals surface area (Å²) in [4.78, 5) is 16.9. The summed E-state index contributed by atoms with van der Waals surface area (Å²) >= 11 is 1.74. The molecule has 0 spiro atoms. The number of thioether (sulfide) groups is 1. The van der Waals surface area contributed by atoms with Gasteiger partial charge in [0.25, 0.3) is 0 Å². The lowest BCUT2D eigenvalue weighted by Gasteiger charge is -2.37. The monoisotopic (exact) mass is 361 g/mol. The van der Waals surface area contributed by atoms with E-state index in [4.69, 9.17) is 4.74 Å². The first-order valence-corrected chi connectivity index (χ1v) is 10.8. The second kappa shape index (κ2) is 8.13. The molecule has 0 radical (unpaired) electrons. The molecule has 4 heteroatoms. The zero-order valence-electron chi connectivity index (χ0n) is 15.8. The van der Waals surface area contributed by atoms with Crippen LogP contribution in [0.5, 0.6) is 0 Å². The van der Waals surface area contributed by atoms with Crippen LogP contribution in [0.15, 0.2) is 29.2 Å². The van der Waals surface area contributed by atoms with Crippen LogP contribution < -0.4 is 0 Å². The summed E-state index contributed by atoms with van der Waals surface area (Å²) < 4.78 is 6.06. The zero-order chi connectivity index (χ0) is 17.9. The topological polar surface area (TPSA) is 29.5 Å². The number of carbonyl (C=O) groups is 1. The van der Waals surface area contributed by atoms with Crippen molar-refractivity contribution in [2.75, 3.05) is 26.4 Å². The Hall–Kier alpha value is -1.00. The van der Waals surface area contributed by atoms with E-state index < -0.39 is 5.41 Å². The fourth-order valence-electron chi connectivity index (χ4n) is 4.34. The quantitative estimate of drug-likeness (QED) is 0.571. The van der Waals surface area contributed by atoms with Crippen LogP contribution in [0.4, 0.5) is 0 Å². The number of hydrogen-bond acceptors (Lipinski definition) is 4. The lowest BCUT2D eigenvalue weighted by Crippen LogP contribution is -2.44. The van der Waals surface area contributed by atoms with E-state index in [9.17, 15) is 4.79 Å². The summed E-state index contributed by atoms with van der Waals surface area (Å²) in [6, 6.07) is 8.55. The Labute approximate surface area is 156 Å². The van der Waals surface area contributed by atoms with Gasteiger partial charge in [-0.3, -0.25) is 4.79 Å². The van der Waals surface area contributed by atoms with Crippen LogP contribution in [0, 0.1) is 5.92 Å². The Kier molecular flexibility index (Phi) is 6.11. The van der Waals surface area contributed by atoms with Crippen LogP contribution in [0.3, 0.4) is 0 Å². The number of esters is 1. The molecule has 1 heterocycles. The third-order valence-electron chi connectivity index (χ3n) is 6.22. The van der Waals surface area contributed by atoms with Crippen molar-refractivity contribution in [3.63, 3.8) is 0 Å². The van der Waals surface area contributed by atoms with Gasteiger partial charge in [-0.15, -0.1) is 11.8 Å². The van der Waals surface area contributed by atoms with Gasteiger partial charge in [0.05, 0.1) is 5.41 Å². The number of hydrogen-bond donors (Lipinski definition) is 0. The van der Waals surface area contributed by atoms with Crippen molar-refractivity contribution >= 4 is 17.7 Å². The highest BCUT2D eigenvalue weighted by Gasteiger charge is 2.46. The van der Waals surface area contributed by atoms with Gasteiger partial charge in [-0.1, -0.05) is 25.0 Å². The third-order valence-corrected chi connectivity index (χ3v) is 6.97. The number of carbonyl (C=O) groups excluding carboxylic acids is 1. The van der Waals surface area contributed by atoms with Gasteiger partial charge in [0.2, 0.25) is 0 Å². The van der Waals surface area contributed by atoms with E-state index in [1.54, 1.807) is 11.8 Å². The molecule has 1 aliphatic heterocycles. The smallest absolute Gasteiger partial charge is 0.316 e. The van der Waals surface area contributed by atoms with E-state index in [2.05, 4.69) is 49.4 Å². The predicted octanol–water partition coefficient (Wildman–Crippen LogP) is 4.49. The molecule has 3 nitrogen and oxygen atoms in total. The summed E-state index contributed by atoms with van der Waals surface area (Å²) in [6.45, 7) is 4.15. The van der Waals surface area contributed by atoms with Gasteiger partial charge < -0.3 is 9.64 Å². The molecule has 0 bridgehead atoms. The molecule has 0 N–H and O–H groups in total. The SMILES string of the molecule is CSc1ccc(C(C)(C(=O)OC2CCN(C)CC2)C2CCCC2)cc1. The molecule has 1 unspecified atom stereocenters. The second-order valence-electron chi connectivity index (χ2n) is 7.82. The zero-order valence-corrected chi connectivity index (χ0v) is 16.6. The van der Waals surface area contributed by atoms with Gasteiger partial charge in [-0.2, -0.15) is 0 Å². The third kappa shape index (κ3) is 4.06. The van der Waals surface area contributed by atoms with Crippen molar-refractivity contribution in [2.24, 2.45) is 5.92 Å². The minimum absolute atomic E-state index is 0.00847. The van der Waals surface area contributed by atoms with Gasteiger partial charge in [0, 0.05) is 18.0 Å². The lowest BCUT2D eigenvalue weighted by molar-refractivity contribution is -0.160. The molecule has 138 valence electrons. The van der Waals surface area contributed by atoms with Crippen molar-refractivity contribution in [3.05, 3.63) is 29.8 Å². The Morgan fingerprint density at radius 1 is 1.12 bits per heavy atom. The highest BCUT2D eigenvalue weighted by molar-refractivity contribution is 7.98. The van der Waals surface area contributed by atoms with Crippen molar-refractivity contribution in [2.45, 2.75) is 61.9 Å². The van der Waals surface area contributed by atoms with E-state index >= 15 is 0 Å². The first-order chi connectivity index (χ1) is 12.0. The first-order valence-electron chi connectivity index (χ1n) is 9.58. The summed E-state index contributed by atoms with van der Waals surface area (Å²) in [5.41, 5.74) is 0.603. The van der Waals surface area contributed by atoms with E-state index in [-0.39, 0.29) is 12.1 Å². The highest BCUT2D eigenvalue weighted by Crippen LogP contribution is 2.43. The summed E-state index contributed by atoms with van der Waals surface area (Å²) in [7, 11) is 2.13. The van der Waals surface area contributed by atoms with Crippen molar-refractivity contribution in [3.8, 4) is 0 Å². The van der Waals surface area contributed by atoms with E-state index in [0.29, 0.717) is 5.92 Å². The summed E-state index contributed by atoms with van der Waals surface area (Å²) in [6.07, 6.45) is 8.78. The van der Waals surface area contributed by atoms with Gasteiger partial charge in [0.15, 0.2) is 0 Å². The molecule has 1 aromatic rings. The Morgan fingerprint density at radius 3 is 2.28 bits per heavy atom. The molecule has 1 saturated carbocycles. The molecular formula is C21H31NO2S. The van der Waals surface area contributed by atoms with E-state index in [1.165, 1.54) is 17.7 Å². The average molecular weight is 362 g/mol. The Balaban J connectivity index is 1.81. The standard InChI is InChI=1S/C21H31NO2S/c1-21(16-6-4-5-7-16,17-8-10-19(25-3)11-9-17)20(23)24-18-12-14-22(2)15-13-18/h8-11,16,18H,4-7,12-15H2,1-3H3. The van der Waals surface area contributed by atoms with E-state index in [1.807, 2.05) is 0 Å². The highest BCUT2D eigenvalue weighted by atomic mass is 32.2.